The minimum atomic E-state index is -1.88. The van der Waals surface area contributed by atoms with Crippen LogP contribution in [0, 0.1) is 0 Å². The van der Waals surface area contributed by atoms with Crippen molar-refractivity contribution in [2.45, 2.75) is 34.7 Å². The number of carbonyl (C=O) groups is 2. The summed E-state index contributed by atoms with van der Waals surface area (Å²) in [7, 11) is 1.34. The van der Waals surface area contributed by atoms with E-state index in [1.54, 1.807) is 60.7 Å². The number of aliphatic hydroxyl groups excluding tert-OH is 1. The average molecular weight is 571 g/mol. The number of allylic oxidation sites excluding steroid dienone is 2. The van der Waals surface area contributed by atoms with Crippen molar-refractivity contribution in [1.82, 2.24) is 18.8 Å². The number of hydrogen-bond donors (Lipinski definition) is 1. The van der Waals surface area contributed by atoms with Crippen LogP contribution < -0.4 is 16.1 Å². The Kier molecular flexibility index (Phi) is 5.90. The maximum atomic E-state index is 13.8. The van der Waals surface area contributed by atoms with Gasteiger partial charge in [-0.3, -0.25) is 14.5 Å². The minimum absolute atomic E-state index is 0.0637. The van der Waals surface area contributed by atoms with Gasteiger partial charge in [0.2, 0.25) is 0 Å². The zero-order chi connectivity index (χ0) is 27.7. The smallest absolute Gasteiger partial charge is 0.352 e. The van der Waals surface area contributed by atoms with Crippen molar-refractivity contribution in [3.05, 3.63) is 92.8 Å². The Labute approximate surface area is 232 Å². The first-order valence-electron chi connectivity index (χ1n) is 12.4. The molecule has 2 amide bonds. The van der Waals surface area contributed by atoms with Gasteiger partial charge in [-0.25, -0.2) is 23.5 Å². The number of hydrogen-bond acceptors (Lipinski definition) is 6. The average Bonchev–Trinajstić information content (AvgIpc) is 3.27. The fourth-order valence-electron chi connectivity index (χ4n) is 6.10. The van der Waals surface area contributed by atoms with Crippen LogP contribution in [0.4, 0.5) is 0 Å². The van der Waals surface area contributed by atoms with Gasteiger partial charge >= 0.3 is 11.4 Å². The summed E-state index contributed by atoms with van der Waals surface area (Å²) in [5.74, 6) is -1.69. The summed E-state index contributed by atoms with van der Waals surface area (Å²) in [5, 5.41) is 9.06. The second-order valence-electron chi connectivity index (χ2n) is 9.84. The third-order valence-electron chi connectivity index (χ3n) is 7.87. The number of nitrogens with zero attached hydrogens (tertiary/aromatic N) is 4. The molecule has 6 rings (SSSR count). The molecule has 0 unspecified atom stereocenters. The standard InChI is InChI=1S/C27H24Cl2N4O6/c1-30-22(35)26(28)15-20-19(11-12-31-24(37)32(25(38)33(20)31)17-5-3-2-4-6-17)21(27(26,29)23(30)36)16-7-9-18(10-8-16)39-14-13-34/h2-11,20-21,34H,12-15H2,1H3/t20-,21+,26-,27+/m1/s1. The third-order valence-corrected chi connectivity index (χ3v) is 9.28. The zero-order valence-corrected chi connectivity index (χ0v) is 22.3. The summed E-state index contributed by atoms with van der Waals surface area (Å²) >= 11 is 14.3. The van der Waals surface area contributed by atoms with Gasteiger partial charge in [-0.05, 0) is 35.4 Å². The summed E-state index contributed by atoms with van der Waals surface area (Å²) in [4.78, 5) is 51.4. The summed E-state index contributed by atoms with van der Waals surface area (Å²) in [5.41, 5.74) is 0.508. The van der Waals surface area contributed by atoms with Gasteiger partial charge in [0.25, 0.3) is 11.8 Å². The van der Waals surface area contributed by atoms with Crippen LogP contribution in [0.1, 0.15) is 23.9 Å². The highest BCUT2D eigenvalue weighted by molar-refractivity contribution is 6.53. The first-order valence-corrected chi connectivity index (χ1v) is 13.1. The SMILES string of the molecule is CN1C(=O)[C@]2(Cl)C[C@@H]3C(=CCn4c(=O)n(-c5ccccc5)c(=O)n43)[C@H](c3ccc(OCCO)cc3)[C@]2(Cl)C1=O. The van der Waals surface area contributed by atoms with Crippen molar-refractivity contribution in [3.8, 4) is 11.4 Å². The van der Waals surface area contributed by atoms with Crippen molar-refractivity contribution < 1.29 is 19.4 Å². The number of aromatic nitrogens is 3. The van der Waals surface area contributed by atoms with Gasteiger partial charge in [-0.15, -0.1) is 23.2 Å². The van der Waals surface area contributed by atoms with Crippen LogP contribution in [-0.2, 0) is 16.1 Å². The van der Waals surface area contributed by atoms with Gasteiger partial charge in [0.05, 0.1) is 24.9 Å². The Hall–Kier alpha value is -3.60. The van der Waals surface area contributed by atoms with Gasteiger partial charge in [0, 0.05) is 19.4 Å². The lowest BCUT2D eigenvalue weighted by Gasteiger charge is -2.49. The number of halogens is 2. The van der Waals surface area contributed by atoms with E-state index in [9.17, 15) is 19.2 Å². The fraction of sp³-hybridized carbons (Fsp3) is 0.333. The fourth-order valence-corrected chi connectivity index (χ4v) is 7.10. The molecule has 202 valence electrons. The molecule has 1 aliphatic carbocycles. The number of fused-ring (bicyclic) bond motifs is 4. The van der Waals surface area contributed by atoms with E-state index in [-0.39, 0.29) is 26.2 Å². The molecular weight excluding hydrogens is 547 g/mol. The molecule has 3 aliphatic rings. The van der Waals surface area contributed by atoms with E-state index in [0.29, 0.717) is 22.6 Å². The topological polar surface area (TPSA) is 116 Å². The second kappa shape index (κ2) is 8.97. The summed E-state index contributed by atoms with van der Waals surface area (Å²) in [6.45, 7) is 0.0194. The number of para-hydroxylation sites is 1. The largest absolute Gasteiger partial charge is 0.491 e. The summed E-state index contributed by atoms with van der Waals surface area (Å²) < 4.78 is 9.20. The number of ether oxygens (including phenoxy) is 1. The van der Waals surface area contributed by atoms with E-state index in [2.05, 4.69) is 0 Å². The molecule has 3 heterocycles. The molecule has 1 saturated heterocycles. The first kappa shape index (κ1) is 25.7. The van der Waals surface area contributed by atoms with Crippen LogP contribution in [0.2, 0.25) is 0 Å². The molecule has 1 aromatic heterocycles. The van der Waals surface area contributed by atoms with E-state index in [0.717, 1.165) is 9.47 Å². The Bertz CT molecular complexity index is 1640. The number of alkyl halides is 2. The molecule has 2 aliphatic heterocycles. The Morgan fingerprint density at radius 3 is 2.33 bits per heavy atom. The molecule has 2 fully saturated rings. The number of likely N-dealkylation sites (tertiary alicyclic amines) is 1. The quantitative estimate of drug-likeness (QED) is 0.284. The zero-order valence-electron chi connectivity index (χ0n) is 20.8. The van der Waals surface area contributed by atoms with Crippen LogP contribution in [0.25, 0.3) is 5.69 Å². The van der Waals surface area contributed by atoms with Gasteiger partial charge in [-0.2, -0.15) is 0 Å². The van der Waals surface area contributed by atoms with Crippen molar-refractivity contribution in [2.75, 3.05) is 20.3 Å². The molecule has 0 spiro atoms. The van der Waals surface area contributed by atoms with Crippen LogP contribution >= 0.6 is 23.2 Å². The number of rotatable bonds is 5. The molecule has 4 atom stereocenters. The molecule has 1 N–H and O–H groups in total. The van der Waals surface area contributed by atoms with E-state index < -0.39 is 44.9 Å². The number of aliphatic hydroxyl groups is 1. The molecule has 10 nitrogen and oxygen atoms in total. The van der Waals surface area contributed by atoms with Crippen LogP contribution in [-0.4, -0.2) is 65.8 Å². The van der Waals surface area contributed by atoms with E-state index in [4.69, 9.17) is 33.0 Å². The van der Waals surface area contributed by atoms with Crippen LogP contribution in [0.5, 0.6) is 5.75 Å². The monoisotopic (exact) mass is 570 g/mol. The van der Waals surface area contributed by atoms with Crippen molar-refractivity contribution >= 4 is 35.0 Å². The predicted octanol–water partition coefficient (Wildman–Crippen LogP) is 1.79. The Morgan fingerprint density at radius 1 is 0.974 bits per heavy atom. The minimum Gasteiger partial charge on any atom is -0.491 e. The lowest BCUT2D eigenvalue weighted by atomic mass is 9.64. The van der Waals surface area contributed by atoms with E-state index in [1.165, 1.54) is 16.4 Å². The Morgan fingerprint density at radius 2 is 1.67 bits per heavy atom. The lowest BCUT2D eigenvalue weighted by molar-refractivity contribution is -0.137. The second-order valence-corrected chi connectivity index (χ2v) is 11.1. The molecule has 0 radical (unpaired) electrons. The molecule has 1 saturated carbocycles. The third kappa shape index (κ3) is 3.38. The highest BCUT2D eigenvalue weighted by Crippen LogP contribution is 2.63. The Balaban J connectivity index is 1.55. The molecular formula is C27H24Cl2N4O6. The van der Waals surface area contributed by atoms with E-state index in [1.807, 2.05) is 0 Å². The molecule has 12 heteroatoms. The van der Waals surface area contributed by atoms with Gasteiger partial charge < -0.3 is 9.84 Å². The maximum absolute atomic E-state index is 13.8. The summed E-state index contributed by atoms with van der Waals surface area (Å²) in [6.07, 6.45) is 1.63. The number of amides is 2. The van der Waals surface area contributed by atoms with Crippen molar-refractivity contribution in [2.24, 2.45) is 0 Å². The van der Waals surface area contributed by atoms with Gasteiger partial charge in [0.15, 0.2) is 9.75 Å². The number of benzene rings is 2. The van der Waals surface area contributed by atoms with Gasteiger partial charge in [-0.1, -0.05) is 36.4 Å². The van der Waals surface area contributed by atoms with Gasteiger partial charge in [0.1, 0.15) is 12.4 Å². The van der Waals surface area contributed by atoms with E-state index >= 15 is 0 Å². The predicted molar refractivity (Wildman–Crippen MR) is 143 cm³/mol. The van der Waals surface area contributed by atoms with Crippen molar-refractivity contribution in [1.29, 1.82) is 0 Å². The maximum Gasteiger partial charge on any atom is 0.352 e. The number of carbonyl (C=O) groups excluding carboxylic acids is 2. The normalized spacial score (nSPS) is 27.6. The summed E-state index contributed by atoms with van der Waals surface area (Å²) in [6, 6.07) is 14.5. The van der Waals surface area contributed by atoms with Crippen LogP contribution in [0.15, 0.2) is 75.8 Å². The number of imide groups is 1. The molecule has 3 aromatic rings. The first-order chi connectivity index (χ1) is 18.6. The van der Waals surface area contributed by atoms with Crippen molar-refractivity contribution in [3.63, 3.8) is 0 Å². The highest BCUT2D eigenvalue weighted by Gasteiger charge is 2.74. The molecule has 2 aromatic carbocycles. The highest BCUT2D eigenvalue weighted by atomic mass is 35.5. The lowest BCUT2D eigenvalue weighted by Crippen LogP contribution is -2.59. The molecule has 39 heavy (non-hydrogen) atoms. The molecule has 0 bridgehead atoms. The van der Waals surface area contributed by atoms with Crippen LogP contribution in [0.3, 0.4) is 0 Å².